The molecule has 1 heterocycles. The Labute approximate surface area is 81.3 Å². The van der Waals surface area contributed by atoms with E-state index in [1.807, 2.05) is 0 Å². The predicted octanol–water partition coefficient (Wildman–Crippen LogP) is -2.83. The molecular formula is C6H14ClNO5. The van der Waals surface area contributed by atoms with Crippen LogP contribution in [-0.2, 0) is 4.74 Å². The number of aliphatic hydroxyl groups excluding tert-OH is 4. The molecular weight excluding hydrogens is 202 g/mol. The van der Waals surface area contributed by atoms with E-state index in [0.717, 1.165) is 0 Å². The Kier molecular flexibility index (Phi) is 5.08. The molecule has 6 nitrogen and oxygen atoms in total. The van der Waals surface area contributed by atoms with Gasteiger partial charge in [0.05, 0.1) is 12.6 Å². The van der Waals surface area contributed by atoms with Crippen LogP contribution >= 0.6 is 12.4 Å². The van der Waals surface area contributed by atoms with Gasteiger partial charge in [0.2, 0.25) is 0 Å². The van der Waals surface area contributed by atoms with Gasteiger partial charge in [-0.2, -0.15) is 0 Å². The van der Waals surface area contributed by atoms with E-state index < -0.39 is 37.3 Å². The second-order valence-corrected chi connectivity index (χ2v) is 2.81. The molecule has 0 bridgehead atoms. The number of nitrogens with two attached hydrogens (primary N) is 1. The third kappa shape index (κ3) is 2.50. The van der Waals surface area contributed by atoms with Crippen molar-refractivity contribution in [3.63, 3.8) is 0 Å². The average Bonchev–Trinajstić information content (AvgIpc) is 2.08. The number of hydrogen-bond donors (Lipinski definition) is 5. The summed E-state index contributed by atoms with van der Waals surface area (Å²) in [4.78, 5) is 0. The standard InChI is InChI=1S/C6H13NO5.ClH/c7-3-5(10)4(9)2(1-8)12-6(3)11;/h2-6,8-11H,1,7H2;1H/t2-,3?,4?,5-,6?;/m1./s1. The molecule has 0 radical (unpaired) electrons. The van der Waals surface area contributed by atoms with E-state index in [0.29, 0.717) is 0 Å². The van der Waals surface area contributed by atoms with Crippen molar-refractivity contribution in [2.45, 2.75) is 30.6 Å². The lowest BCUT2D eigenvalue weighted by Crippen LogP contribution is -2.61. The van der Waals surface area contributed by atoms with Crippen LogP contribution in [0.15, 0.2) is 0 Å². The summed E-state index contributed by atoms with van der Waals surface area (Å²) < 4.78 is 4.70. The molecule has 13 heavy (non-hydrogen) atoms. The fraction of sp³-hybridized carbons (Fsp3) is 1.00. The molecule has 1 fully saturated rings. The van der Waals surface area contributed by atoms with Gasteiger partial charge in [0, 0.05) is 0 Å². The van der Waals surface area contributed by atoms with Gasteiger partial charge in [-0.15, -0.1) is 12.4 Å². The highest BCUT2D eigenvalue weighted by molar-refractivity contribution is 5.85. The maximum atomic E-state index is 9.20. The third-order valence-electron chi connectivity index (χ3n) is 1.95. The van der Waals surface area contributed by atoms with Crippen LogP contribution in [0.2, 0.25) is 0 Å². The van der Waals surface area contributed by atoms with Gasteiger partial charge in [-0.25, -0.2) is 0 Å². The van der Waals surface area contributed by atoms with E-state index in [9.17, 15) is 10.2 Å². The van der Waals surface area contributed by atoms with E-state index in [1.165, 1.54) is 0 Å². The Morgan fingerprint density at radius 1 is 1.15 bits per heavy atom. The minimum absolute atomic E-state index is 0. The van der Waals surface area contributed by atoms with Crippen LogP contribution in [-0.4, -0.2) is 57.7 Å². The molecule has 1 aliphatic heterocycles. The molecule has 0 amide bonds. The zero-order chi connectivity index (χ0) is 9.30. The number of aliphatic hydroxyl groups is 4. The minimum Gasteiger partial charge on any atom is -0.394 e. The molecule has 0 saturated carbocycles. The molecule has 80 valence electrons. The van der Waals surface area contributed by atoms with E-state index in [-0.39, 0.29) is 12.4 Å². The summed E-state index contributed by atoms with van der Waals surface area (Å²) >= 11 is 0. The lowest BCUT2D eigenvalue weighted by atomic mass is 9.98. The smallest absolute Gasteiger partial charge is 0.173 e. The van der Waals surface area contributed by atoms with Gasteiger partial charge in [0.25, 0.3) is 0 Å². The van der Waals surface area contributed by atoms with Crippen molar-refractivity contribution in [2.24, 2.45) is 5.73 Å². The summed E-state index contributed by atoms with van der Waals surface area (Å²) in [5.74, 6) is 0. The zero-order valence-electron chi connectivity index (χ0n) is 6.78. The van der Waals surface area contributed by atoms with E-state index in [1.54, 1.807) is 0 Å². The second-order valence-electron chi connectivity index (χ2n) is 2.81. The van der Waals surface area contributed by atoms with E-state index in [4.69, 9.17) is 20.7 Å². The molecule has 5 atom stereocenters. The summed E-state index contributed by atoms with van der Waals surface area (Å²) in [5, 5.41) is 36.1. The first-order valence-corrected chi connectivity index (χ1v) is 3.64. The summed E-state index contributed by atoms with van der Waals surface area (Å²) in [5.41, 5.74) is 5.26. The molecule has 0 aromatic rings. The summed E-state index contributed by atoms with van der Waals surface area (Å²) in [6.07, 6.45) is -4.85. The predicted molar refractivity (Wildman–Crippen MR) is 45.2 cm³/mol. The van der Waals surface area contributed by atoms with Crippen LogP contribution in [0.3, 0.4) is 0 Å². The highest BCUT2D eigenvalue weighted by atomic mass is 35.5. The van der Waals surface area contributed by atoms with Crippen molar-refractivity contribution in [2.75, 3.05) is 6.61 Å². The lowest BCUT2D eigenvalue weighted by molar-refractivity contribution is -0.248. The Morgan fingerprint density at radius 2 is 1.69 bits per heavy atom. The van der Waals surface area contributed by atoms with Crippen molar-refractivity contribution in [3.05, 3.63) is 0 Å². The van der Waals surface area contributed by atoms with Gasteiger partial charge in [0.1, 0.15) is 18.3 Å². The third-order valence-corrected chi connectivity index (χ3v) is 1.95. The van der Waals surface area contributed by atoms with Crippen molar-refractivity contribution >= 4 is 12.4 Å². The Bertz CT molecular complexity index is 155. The Hall–Kier alpha value is 0.0500. The SMILES string of the molecule is Cl.NC1C(O)O[C@H](CO)C(O)[C@@H]1O. The molecule has 1 saturated heterocycles. The Morgan fingerprint density at radius 3 is 2.15 bits per heavy atom. The summed E-state index contributed by atoms with van der Waals surface area (Å²) in [6, 6.07) is -1.04. The molecule has 6 N–H and O–H groups in total. The lowest BCUT2D eigenvalue weighted by Gasteiger charge is -2.38. The molecule has 0 spiro atoms. The highest BCUT2D eigenvalue weighted by Gasteiger charge is 2.41. The summed E-state index contributed by atoms with van der Waals surface area (Å²) in [6.45, 7) is -0.470. The minimum atomic E-state index is -1.35. The van der Waals surface area contributed by atoms with Gasteiger partial charge in [-0.1, -0.05) is 0 Å². The normalized spacial score (nSPS) is 45.5. The molecule has 7 heteroatoms. The van der Waals surface area contributed by atoms with Crippen LogP contribution < -0.4 is 5.73 Å². The van der Waals surface area contributed by atoms with Crippen molar-refractivity contribution < 1.29 is 25.2 Å². The van der Waals surface area contributed by atoms with Gasteiger partial charge in [-0.3, -0.25) is 0 Å². The van der Waals surface area contributed by atoms with Gasteiger partial charge in [-0.05, 0) is 0 Å². The number of halogens is 1. The molecule has 0 aromatic carbocycles. The topological polar surface area (TPSA) is 116 Å². The molecule has 1 rings (SSSR count). The first-order chi connectivity index (χ1) is 5.57. The van der Waals surface area contributed by atoms with Crippen LogP contribution in [0.1, 0.15) is 0 Å². The average molecular weight is 216 g/mol. The van der Waals surface area contributed by atoms with E-state index in [2.05, 4.69) is 0 Å². The maximum Gasteiger partial charge on any atom is 0.173 e. The first-order valence-electron chi connectivity index (χ1n) is 3.64. The molecule has 0 aliphatic carbocycles. The first kappa shape index (κ1) is 13.1. The number of hydrogen-bond acceptors (Lipinski definition) is 6. The quantitative estimate of drug-likeness (QED) is 0.322. The fourth-order valence-corrected chi connectivity index (χ4v) is 1.12. The highest BCUT2D eigenvalue weighted by Crippen LogP contribution is 2.17. The van der Waals surface area contributed by atoms with Gasteiger partial charge < -0.3 is 30.9 Å². The van der Waals surface area contributed by atoms with Crippen LogP contribution in [0.5, 0.6) is 0 Å². The maximum absolute atomic E-state index is 9.20. The van der Waals surface area contributed by atoms with E-state index >= 15 is 0 Å². The van der Waals surface area contributed by atoms with Crippen LogP contribution in [0.25, 0.3) is 0 Å². The number of ether oxygens (including phenoxy) is 1. The van der Waals surface area contributed by atoms with Gasteiger partial charge >= 0.3 is 0 Å². The Balaban J connectivity index is 0.00000144. The fourth-order valence-electron chi connectivity index (χ4n) is 1.12. The largest absolute Gasteiger partial charge is 0.394 e. The van der Waals surface area contributed by atoms with Crippen molar-refractivity contribution in [1.82, 2.24) is 0 Å². The van der Waals surface area contributed by atoms with Crippen LogP contribution in [0, 0.1) is 0 Å². The second kappa shape index (κ2) is 5.06. The van der Waals surface area contributed by atoms with Gasteiger partial charge in [0.15, 0.2) is 6.29 Å². The molecule has 3 unspecified atom stereocenters. The molecule has 0 aromatic heterocycles. The van der Waals surface area contributed by atoms with Crippen molar-refractivity contribution in [1.29, 1.82) is 0 Å². The summed E-state index contributed by atoms with van der Waals surface area (Å²) in [7, 11) is 0. The van der Waals surface area contributed by atoms with Crippen LogP contribution in [0.4, 0.5) is 0 Å². The number of rotatable bonds is 1. The van der Waals surface area contributed by atoms with Crippen molar-refractivity contribution in [3.8, 4) is 0 Å². The zero-order valence-corrected chi connectivity index (χ0v) is 7.59. The monoisotopic (exact) mass is 215 g/mol. The molecule has 1 aliphatic rings.